The second-order valence-electron chi connectivity index (χ2n) is 9.69. The van der Waals surface area contributed by atoms with Crippen LogP contribution in [0.4, 0.5) is 4.79 Å². The number of urea groups is 1. The summed E-state index contributed by atoms with van der Waals surface area (Å²) < 4.78 is 6.01. The first kappa shape index (κ1) is 25.9. The maximum atomic E-state index is 13.1. The molecule has 0 saturated carbocycles. The molecule has 2 heterocycles. The number of nitrogens with one attached hydrogen (secondary N) is 1. The molecule has 0 bridgehead atoms. The Kier molecular flexibility index (Phi) is 7.27. The number of ether oxygens (including phenoxy) is 1. The Balaban J connectivity index is 1.40. The zero-order valence-corrected chi connectivity index (χ0v) is 22.2. The number of fused-ring (bicyclic) bond motifs is 1. The van der Waals surface area contributed by atoms with Gasteiger partial charge in [-0.15, -0.1) is 0 Å². The fraction of sp³-hybridized carbons (Fsp3) is 0.226. The number of aromatic nitrogens is 1. The van der Waals surface area contributed by atoms with Crippen molar-refractivity contribution in [2.45, 2.75) is 20.0 Å². The standard InChI is InChI=1S/C31H30N4O4/c1-20-9-11-22(12-10-20)28(27-29(36)34(2)31(38)35(3)30(27)37)32-16-15-23-18-33-26-14-13-24(17-25(23)26)39-19-21-7-5-4-6-8-21/h4-14,17-18,27,33H,15-16,19H2,1-3H3. The van der Waals surface area contributed by atoms with E-state index in [9.17, 15) is 14.4 Å². The van der Waals surface area contributed by atoms with Crippen molar-refractivity contribution in [1.82, 2.24) is 14.8 Å². The Morgan fingerprint density at radius 2 is 1.62 bits per heavy atom. The van der Waals surface area contributed by atoms with E-state index in [1.807, 2.05) is 85.9 Å². The minimum atomic E-state index is -1.18. The summed E-state index contributed by atoms with van der Waals surface area (Å²) in [5.41, 5.74) is 5.22. The summed E-state index contributed by atoms with van der Waals surface area (Å²) in [6, 6.07) is 22.8. The number of aromatic amines is 1. The topological polar surface area (TPSA) is 95.1 Å². The molecule has 0 radical (unpaired) electrons. The van der Waals surface area contributed by atoms with Gasteiger partial charge in [0.25, 0.3) is 0 Å². The highest BCUT2D eigenvalue weighted by Gasteiger charge is 2.45. The van der Waals surface area contributed by atoms with Crippen molar-refractivity contribution >= 4 is 34.5 Å². The van der Waals surface area contributed by atoms with E-state index in [0.29, 0.717) is 30.8 Å². The average Bonchev–Trinajstić information content (AvgIpc) is 3.36. The van der Waals surface area contributed by atoms with Gasteiger partial charge in [0.2, 0.25) is 11.8 Å². The molecule has 1 N–H and O–H groups in total. The van der Waals surface area contributed by atoms with Crippen LogP contribution in [0.3, 0.4) is 0 Å². The molecule has 0 spiro atoms. The molecule has 1 aromatic heterocycles. The molecular weight excluding hydrogens is 492 g/mol. The van der Waals surface area contributed by atoms with Crippen LogP contribution >= 0.6 is 0 Å². The van der Waals surface area contributed by atoms with Gasteiger partial charge in [-0.25, -0.2) is 4.79 Å². The summed E-state index contributed by atoms with van der Waals surface area (Å²) in [4.78, 5) is 48.5. The van der Waals surface area contributed by atoms with E-state index in [-0.39, 0.29) is 0 Å². The van der Waals surface area contributed by atoms with E-state index in [1.165, 1.54) is 14.1 Å². The minimum absolute atomic E-state index is 0.351. The molecule has 0 atom stereocenters. The summed E-state index contributed by atoms with van der Waals surface area (Å²) >= 11 is 0. The van der Waals surface area contributed by atoms with Crippen molar-refractivity contribution in [2.75, 3.05) is 20.6 Å². The van der Waals surface area contributed by atoms with E-state index in [2.05, 4.69) is 4.98 Å². The van der Waals surface area contributed by atoms with Gasteiger partial charge < -0.3 is 9.72 Å². The van der Waals surface area contributed by atoms with E-state index in [1.54, 1.807) is 0 Å². The lowest BCUT2D eigenvalue weighted by molar-refractivity contribution is -0.144. The van der Waals surface area contributed by atoms with Gasteiger partial charge in [0.05, 0.1) is 5.71 Å². The summed E-state index contributed by atoms with van der Waals surface area (Å²) in [5, 5.41) is 1.03. The molecule has 0 unspecified atom stereocenters. The third-order valence-electron chi connectivity index (χ3n) is 7.00. The van der Waals surface area contributed by atoms with Gasteiger partial charge >= 0.3 is 6.03 Å². The Morgan fingerprint density at radius 1 is 0.923 bits per heavy atom. The van der Waals surface area contributed by atoms with Crippen LogP contribution in [-0.4, -0.2) is 59.0 Å². The number of amides is 4. The van der Waals surface area contributed by atoms with Crippen LogP contribution in [0.5, 0.6) is 5.75 Å². The van der Waals surface area contributed by atoms with Crippen LogP contribution in [0, 0.1) is 12.8 Å². The van der Waals surface area contributed by atoms with Gasteiger partial charge in [-0.05, 0) is 48.2 Å². The third kappa shape index (κ3) is 5.31. The normalized spacial score (nSPS) is 14.9. The third-order valence-corrected chi connectivity index (χ3v) is 7.00. The zero-order valence-electron chi connectivity index (χ0n) is 22.2. The molecule has 39 heavy (non-hydrogen) atoms. The largest absolute Gasteiger partial charge is 0.489 e. The predicted molar refractivity (Wildman–Crippen MR) is 150 cm³/mol. The molecule has 0 aliphatic carbocycles. The molecule has 4 aromatic rings. The van der Waals surface area contributed by atoms with E-state index in [4.69, 9.17) is 9.73 Å². The van der Waals surface area contributed by atoms with Crippen molar-refractivity contribution in [1.29, 1.82) is 0 Å². The van der Waals surface area contributed by atoms with Gasteiger partial charge in [0.1, 0.15) is 12.4 Å². The number of rotatable bonds is 8. The Bertz CT molecular complexity index is 1530. The smallest absolute Gasteiger partial charge is 0.332 e. The first-order valence-electron chi connectivity index (χ1n) is 12.8. The first-order valence-corrected chi connectivity index (χ1v) is 12.8. The van der Waals surface area contributed by atoms with Gasteiger partial charge in [0, 0.05) is 37.7 Å². The second kappa shape index (κ2) is 10.9. The average molecular weight is 523 g/mol. The number of aliphatic imine (C=N–C) groups is 1. The van der Waals surface area contributed by atoms with Crippen LogP contribution in [0.1, 0.15) is 22.3 Å². The number of hydrogen-bond acceptors (Lipinski definition) is 5. The van der Waals surface area contributed by atoms with E-state index in [0.717, 1.165) is 43.1 Å². The van der Waals surface area contributed by atoms with Crippen molar-refractivity contribution in [3.05, 3.63) is 101 Å². The second-order valence-corrected chi connectivity index (χ2v) is 9.69. The summed E-state index contributed by atoms with van der Waals surface area (Å²) in [7, 11) is 2.77. The number of imide groups is 2. The molecular formula is C31H30N4O4. The highest BCUT2D eigenvalue weighted by atomic mass is 16.5. The van der Waals surface area contributed by atoms with Crippen molar-refractivity contribution < 1.29 is 19.1 Å². The monoisotopic (exact) mass is 522 g/mol. The fourth-order valence-corrected chi connectivity index (χ4v) is 4.71. The zero-order chi connectivity index (χ0) is 27.5. The molecule has 8 nitrogen and oxygen atoms in total. The quantitative estimate of drug-likeness (QED) is 0.267. The molecule has 1 saturated heterocycles. The summed E-state index contributed by atoms with van der Waals surface area (Å²) in [6.45, 7) is 2.79. The number of aryl methyl sites for hydroxylation is 1. The van der Waals surface area contributed by atoms with Crippen LogP contribution in [0.2, 0.25) is 0 Å². The van der Waals surface area contributed by atoms with E-state index < -0.39 is 23.8 Å². The summed E-state index contributed by atoms with van der Waals surface area (Å²) in [5.74, 6) is -1.56. The summed E-state index contributed by atoms with van der Waals surface area (Å²) in [6.07, 6.45) is 2.53. The molecule has 4 amide bonds. The lowest BCUT2D eigenvalue weighted by atomic mass is 9.92. The van der Waals surface area contributed by atoms with Crippen LogP contribution in [0.25, 0.3) is 10.9 Å². The van der Waals surface area contributed by atoms with Crippen molar-refractivity contribution in [3.8, 4) is 5.75 Å². The number of benzene rings is 3. The van der Waals surface area contributed by atoms with Crippen molar-refractivity contribution in [2.24, 2.45) is 10.9 Å². The first-order chi connectivity index (χ1) is 18.8. The Labute approximate surface area is 226 Å². The fourth-order valence-electron chi connectivity index (χ4n) is 4.71. The van der Waals surface area contributed by atoms with Crippen LogP contribution in [0.15, 0.2) is 84.0 Å². The number of carbonyl (C=O) groups is 3. The van der Waals surface area contributed by atoms with Gasteiger partial charge in [-0.1, -0.05) is 60.2 Å². The number of nitrogens with zero attached hydrogens (tertiary/aromatic N) is 3. The number of carbonyl (C=O) groups excluding carboxylic acids is 3. The lowest BCUT2D eigenvalue weighted by Gasteiger charge is -2.33. The highest BCUT2D eigenvalue weighted by molar-refractivity contribution is 6.30. The Hall–Kier alpha value is -4.72. The Morgan fingerprint density at radius 3 is 2.31 bits per heavy atom. The number of barbiturate groups is 1. The predicted octanol–water partition coefficient (Wildman–Crippen LogP) is 4.75. The molecule has 3 aromatic carbocycles. The SMILES string of the molecule is Cc1ccc(C(=NCCc2c[nH]c3ccc(OCc4ccccc4)cc23)C2C(=O)N(C)C(=O)N(C)C2=O)cc1. The molecule has 5 rings (SSSR count). The van der Waals surface area contributed by atoms with Crippen LogP contribution in [-0.2, 0) is 22.6 Å². The van der Waals surface area contributed by atoms with Gasteiger partial charge in [-0.3, -0.25) is 24.4 Å². The molecule has 198 valence electrons. The lowest BCUT2D eigenvalue weighted by Crippen LogP contribution is -2.59. The van der Waals surface area contributed by atoms with Gasteiger partial charge in [-0.2, -0.15) is 0 Å². The minimum Gasteiger partial charge on any atom is -0.489 e. The highest BCUT2D eigenvalue weighted by Crippen LogP contribution is 2.26. The molecule has 8 heteroatoms. The maximum absolute atomic E-state index is 13.1. The molecule has 1 fully saturated rings. The van der Waals surface area contributed by atoms with Gasteiger partial charge in [0.15, 0.2) is 5.92 Å². The number of H-pyrrole nitrogens is 1. The maximum Gasteiger partial charge on any atom is 0.332 e. The van der Waals surface area contributed by atoms with E-state index >= 15 is 0 Å². The molecule has 1 aliphatic rings. The number of hydrogen-bond donors (Lipinski definition) is 1. The molecule has 1 aliphatic heterocycles. The van der Waals surface area contributed by atoms with Crippen LogP contribution < -0.4 is 4.74 Å². The van der Waals surface area contributed by atoms with Crippen molar-refractivity contribution in [3.63, 3.8) is 0 Å².